The lowest BCUT2D eigenvalue weighted by atomic mass is 10.3. The van der Waals surface area contributed by atoms with E-state index in [2.05, 4.69) is 9.97 Å². The number of halogens is 1. The van der Waals surface area contributed by atoms with Crippen molar-refractivity contribution in [3.05, 3.63) is 51.4 Å². The van der Waals surface area contributed by atoms with Gasteiger partial charge in [0.25, 0.3) is 0 Å². The zero-order valence-electron chi connectivity index (χ0n) is 9.28. The highest BCUT2D eigenvalue weighted by atomic mass is 35.5. The van der Waals surface area contributed by atoms with Crippen LogP contribution in [0.1, 0.15) is 5.69 Å². The van der Waals surface area contributed by atoms with Crippen LogP contribution in [0.2, 0.25) is 5.02 Å². The molecular weight excluding hydrogens is 272 g/mol. The Balaban J connectivity index is 2.34. The molecule has 0 atom stereocenters. The van der Waals surface area contributed by atoms with Crippen LogP contribution >= 0.6 is 11.6 Å². The molecule has 0 aliphatic carbocycles. The first-order valence-corrected chi connectivity index (χ1v) is 5.32. The molecule has 0 N–H and O–H groups in total. The lowest BCUT2D eigenvalue weighted by molar-refractivity contribution is -0.385. The molecule has 0 fully saturated rings. The highest BCUT2D eigenvalue weighted by molar-refractivity contribution is 6.30. The predicted octanol–water partition coefficient (Wildman–Crippen LogP) is 2.70. The molecule has 0 saturated heterocycles. The van der Waals surface area contributed by atoms with Crippen molar-refractivity contribution in [1.82, 2.24) is 9.97 Å². The Morgan fingerprint density at radius 1 is 1.37 bits per heavy atom. The minimum absolute atomic E-state index is 0.0318. The maximum Gasteiger partial charge on any atom is 0.311 e. The topological polar surface area (TPSA) is 102 Å². The number of nitrogens with zero attached hydrogens (tertiary/aromatic N) is 4. The van der Waals surface area contributed by atoms with E-state index in [1.165, 1.54) is 30.6 Å². The summed E-state index contributed by atoms with van der Waals surface area (Å²) in [5, 5.41) is 19.7. The number of benzene rings is 1. The molecule has 0 saturated carbocycles. The molecule has 7 nitrogen and oxygen atoms in total. The molecule has 1 aromatic carbocycles. The average Bonchev–Trinajstić information content (AvgIpc) is 2.39. The fourth-order valence-corrected chi connectivity index (χ4v) is 1.42. The van der Waals surface area contributed by atoms with Crippen molar-refractivity contribution < 1.29 is 9.66 Å². The van der Waals surface area contributed by atoms with E-state index in [1.54, 1.807) is 6.07 Å². The molecule has 2 rings (SSSR count). The minimum Gasteiger partial charge on any atom is -0.430 e. The summed E-state index contributed by atoms with van der Waals surface area (Å²) in [6, 6.07) is 5.72. The van der Waals surface area contributed by atoms with Gasteiger partial charge in [0.2, 0.25) is 11.6 Å². The summed E-state index contributed by atoms with van der Waals surface area (Å²) in [6.45, 7) is 0. The van der Waals surface area contributed by atoms with Crippen LogP contribution < -0.4 is 4.74 Å². The van der Waals surface area contributed by atoms with E-state index in [-0.39, 0.29) is 23.0 Å². The van der Waals surface area contributed by atoms with Gasteiger partial charge in [-0.15, -0.1) is 0 Å². The molecule has 0 unspecified atom stereocenters. The number of nitriles is 1. The molecular formula is C11H5ClN4O3. The van der Waals surface area contributed by atoms with Crippen molar-refractivity contribution in [2.75, 3.05) is 0 Å². The molecule has 0 aliphatic rings. The van der Waals surface area contributed by atoms with Crippen LogP contribution in [-0.2, 0) is 0 Å². The Labute approximate surface area is 112 Å². The highest BCUT2D eigenvalue weighted by Crippen LogP contribution is 2.32. The second kappa shape index (κ2) is 5.29. The van der Waals surface area contributed by atoms with Crippen LogP contribution in [0, 0.1) is 21.4 Å². The summed E-state index contributed by atoms with van der Waals surface area (Å²) in [7, 11) is 0. The first-order valence-electron chi connectivity index (χ1n) is 4.94. The van der Waals surface area contributed by atoms with Gasteiger partial charge in [-0.3, -0.25) is 10.1 Å². The van der Waals surface area contributed by atoms with Gasteiger partial charge in [-0.05, 0) is 6.07 Å². The van der Waals surface area contributed by atoms with Gasteiger partial charge >= 0.3 is 5.69 Å². The first-order chi connectivity index (χ1) is 9.10. The Bertz CT molecular complexity index is 667. The molecule has 8 heteroatoms. The van der Waals surface area contributed by atoms with Gasteiger partial charge in [0.15, 0.2) is 5.69 Å². The quantitative estimate of drug-likeness (QED) is 0.631. The van der Waals surface area contributed by atoms with Crippen molar-refractivity contribution in [1.29, 1.82) is 5.26 Å². The minimum atomic E-state index is -0.595. The Morgan fingerprint density at radius 2 is 2.16 bits per heavy atom. The summed E-state index contributed by atoms with van der Waals surface area (Å²) >= 11 is 5.75. The smallest absolute Gasteiger partial charge is 0.311 e. The molecule has 0 bridgehead atoms. The van der Waals surface area contributed by atoms with Crippen LogP contribution in [0.25, 0.3) is 0 Å². The van der Waals surface area contributed by atoms with E-state index in [0.29, 0.717) is 5.02 Å². The second-order valence-electron chi connectivity index (χ2n) is 3.32. The molecule has 0 aliphatic heterocycles. The summed E-state index contributed by atoms with van der Waals surface area (Å²) in [5.74, 6) is -0.0131. The van der Waals surface area contributed by atoms with E-state index in [1.807, 2.05) is 0 Å². The Kier molecular flexibility index (Phi) is 3.54. The van der Waals surface area contributed by atoms with Gasteiger partial charge in [0.05, 0.1) is 17.3 Å². The van der Waals surface area contributed by atoms with Crippen LogP contribution in [0.4, 0.5) is 5.69 Å². The number of rotatable bonds is 3. The standard InChI is InChI=1S/C11H5ClN4O3/c12-7-1-2-9(16(17)18)10(3-7)19-11-6-14-8(4-13)5-15-11/h1-3,5-6H. The van der Waals surface area contributed by atoms with E-state index >= 15 is 0 Å². The van der Waals surface area contributed by atoms with Gasteiger partial charge in [-0.1, -0.05) is 11.6 Å². The van der Waals surface area contributed by atoms with Crippen LogP contribution in [0.3, 0.4) is 0 Å². The first kappa shape index (κ1) is 12.7. The fourth-order valence-electron chi connectivity index (χ4n) is 1.26. The summed E-state index contributed by atoms with van der Waals surface area (Å²) < 4.78 is 5.24. The largest absolute Gasteiger partial charge is 0.430 e. The zero-order chi connectivity index (χ0) is 13.8. The number of nitro benzene ring substituents is 1. The summed E-state index contributed by atoms with van der Waals surface area (Å²) in [6.07, 6.45) is 2.40. The number of hydrogen-bond acceptors (Lipinski definition) is 6. The Morgan fingerprint density at radius 3 is 2.74 bits per heavy atom. The number of ether oxygens (including phenoxy) is 1. The zero-order valence-corrected chi connectivity index (χ0v) is 10.0. The molecule has 0 amide bonds. The van der Waals surface area contributed by atoms with Crippen LogP contribution in [-0.4, -0.2) is 14.9 Å². The second-order valence-corrected chi connectivity index (χ2v) is 3.76. The molecule has 0 spiro atoms. The van der Waals surface area contributed by atoms with Gasteiger partial charge in [-0.25, -0.2) is 9.97 Å². The normalized spacial score (nSPS) is 9.68. The maximum atomic E-state index is 10.8. The number of hydrogen-bond donors (Lipinski definition) is 0. The third-order valence-electron chi connectivity index (χ3n) is 2.08. The molecule has 19 heavy (non-hydrogen) atoms. The maximum absolute atomic E-state index is 10.8. The van der Waals surface area contributed by atoms with E-state index in [9.17, 15) is 10.1 Å². The van der Waals surface area contributed by atoms with Crippen molar-refractivity contribution in [2.24, 2.45) is 0 Å². The lowest BCUT2D eigenvalue weighted by Crippen LogP contribution is -1.95. The molecule has 2 aromatic rings. The Hall–Kier alpha value is -2.72. The summed E-state index contributed by atoms with van der Waals surface area (Å²) in [5.41, 5.74) is -0.122. The average molecular weight is 277 g/mol. The third-order valence-corrected chi connectivity index (χ3v) is 2.31. The number of nitro groups is 1. The molecule has 1 aromatic heterocycles. The van der Waals surface area contributed by atoms with Crippen molar-refractivity contribution in [2.45, 2.75) is 0 Å². The van der Waals surface area contributed by atoms with Crippen molar-refractivity contribution in [3.63, 3.8) is 0 Å². The van der Waals surface area contributed by atoms with Gasteiger partial charge in [-0.2, -0.15) is 5.26 Å². The van der Waals surface area contributed by atoms with Gasteiger partial charge < -0.3 is 4.74 Å². The van der Waals surface area contributed by atoms with E-state index < -0.39 is 4.92 Å². The van der Waals surface area contributed by atoms with Crippen molar-refractivity contribution >= 4 is 17.3 Å². The molecule has 1 heterocycles. The predicted molar refractivity (Wildman–Crippen MR) is 64.9 cm³/mol. The van der Waals surface area contributed by atoms with Gasteiger partial charge in [0.1, 0.15) is 6.07 Å². The number of aromatic nitrogens is 2. The van der Waals surface area contributed by atoms with Crippen molar-refractivity contribution in [3.8, 4) is 17.7 Å². The third kappa shape index (κ3) is 2.94. The lowest BCUT2D eigenvalue weighted by Gasteiger charge is -2.05. The highest BCUT2D eigenvalue weighted by Gasteiger charge is 2.16. The SMILES string of the molecule is N#Cc1cnc(Oc2cc(Cl)ccc2[N+](=O)[O-])cn1. The monoisotopic (exact) mass is 276 g/mol. The van der Waals surface area contributed by atoms with Crippen LogP contribution in [0.5, 0.6) is 11.6 Å². The van der Waals surface area contributed by atoms with E-state index in [0.717, 1.165) is 0 Å². The molecule has 94 valence electrons. The molecule has 0 radical (unpaired) electrons. The van der Waals surface area contributed by atoms with Gasteiger partial charge in [0, 0.05) is 17.2 Å². The van der Waals surface area contributed by atoms with Crippen LogP contribution in [0.15, 0.2) is 30.6 Å². The summed E-state index contributed by atoms with van der Waals surface area (Å²) in [4.78, 5) is 17.8. The van der Waals surface area contributed by atoms with E-state index in [4.69, 9.17) is 21.6 Å². The fraction of sp³-hybridized carbons (Fsp3) is 0.